The van der Waals surface area contributed by atoms with Crippen molar-refractivity contribution in [2.45, 2.75) is 65.1 Å². The highest BCUT2D eigenvalue weighted by Crippen LogP contribution is 2.32. The van der Waals surface area contributed by atoms with Crippen molar-refractivity contribution < 1.29 is 10.2 Å². The Kier molecular flexibility index (Phi) is 5.57. The Hall–Kier alpha value is -0.0800. The van der Waals surface area contributed by atoms with Gasteiger partial charge in [-0.1, -0.05) is 26.7 Å². The van der Waals surface area contributed by atoms with Crippen LogP contribution in [0.2, 0.25) is 0 Å². The summed E-state index contributed by atoms with van der Waals surface area (Å²) in [4.78, 5) is 0. The Morgan fingerprint density at radius 3 is 1.85 bits per heavy atom. The number of hydrogen-bond donors (Lipinski definition) is 2. The maximum atomic E-state index is 9.65. The Labute approximate surface area is 82.0 Å². The summed E-state index contributed by atoms with van der Waals surface area (Å²) in [5.41, 5.74) is -0.708. The van der Waals surface area contributed by atoms with Crippen LogP contribution in [0.3, 0.4) is 0 Å². The first-order valence-electron chi connectivity index (χ1n) is 5.42. The second kappa shape index (κ2) is 5.61. The molecule has 0 aromatic rings. The quantitative estimate of drug-likeness (QED) is 0.663. The fraction of sp³-hybridized carbons (Fsp3) is 1.00. The lowest BCUT2D eigenvalue weighted by molar-refractivity contribution is -0.0645. The first-order valence-corrected chi connectivity index (χ1v) is 5.42. The fourth-order valence-electron chi connectivity index (χ4n) is 1.94. The largest absolute Gasteiger partial charge is 0.393 e. The van der Waals surface area contributed by atoms with Crippen LogP contribution in [0.4, 0.5) is 0 Å². The molecule has 0 saturated heterocycles. The molecule has 0 amide bonds. The van der Waals surface area contributed by atoms with Crippen LogP contribution < -0.4 is 0 Å². The van der Waals surface area contributed by atoms with E-state index in [1.807, 2.05) is 13.8 Å². The molecule has 0 aromatic heterocycles. The maximum Gasteiger partial charge on any atom is 0.0644 e. The topological polar surface area (TPSA) is 40.5 Å². The molecule has 1 aliphatic rings. The summed E-state index contributed by atoms with van der Waals surface area (Å²) in [6, 6.07) is 0. The number of aliphatic hydroxyl groups excluding tert-OH is 1. The second-order valence-corrected chi connectivity index (χ2v) is 4.11. The smallest absolute Gasteiger partial charge is 0.0644 e. The molecule has 1 fully saturated rings. The summed E-state index contributed by atoms with van der Waals surface area (Å²) in [6.07, 6.45) is 3.78. The third-order valence-corrected chi connectivity index (χ3v) is 2.64. The number of aliphatic hydroxyl groups is 2. The van der Waals surface area contributed by atoms with Gasteiger partial charge >= 0.3 is 0 Å². The lowest BCUT2D eigenvalue weighted by atomic mass is 9.77. The summed E-state index contributed by atoms with van der Waals surface area (Å²) in [5, 5.41) is 19.2. The van der Waals surface area contributed by atoms with Gasteiger partial charge in [-0.2, -0.15) is 0 Å². The Morgan fingerprint density at radius 2 is 1.54 bits per heavy atom. The molecule has 0 heterocycles. The summed E-state index contributed by atoms with van der Waals surface area (Å²) in [7, 11) is 0. The predicted octanol–water partition coefficient (Wildman–Crippen LogP) is 2.33. The standard InChI is InChI=1S/C9H18O2.C2H6/c1-9(2,11)7-5-3-4-6-8(7)10;1-2/h7-8,10-11H,3-6H2,1-2H3;1-2H3/t7?,8-;/m1./s1. The van der Waals surface area contributed by atoms with Crippen LogP contribution in [0.5, 0.6) is 0 Å². The summed E-state index contributed by atoms with van der Waals surface area (Å²) < 4.78 is 0. The summed E-state index contributed by atoms with van der Waals surface area (Å²) >= 11 is 0. The van der Waals surface area contributed by atoms with E-state index in [9.17, 15) is 10.2 Å². The molecule has 1 rings (SSSR count). The molecule has 0 aliphatic heterocycles. The minimum atomic E-state index is -0.708. The van der Waals surface area contributed by atoms with Crippen molar-refractivity contribution in [2.24, 2.45) is 5.92 Å². The molecule has 2 N–H and O–H groups in total. The van der Waals surface area contributed by atoms with Crippen molar-refractivity contribution in [3.05, 3.63) is 0 Å². The van der Waals surface area contributed by atoms with Gasteiger partial charge in [-0.15, -0.1) is 0 Å². The molecule has 80 valence electrons. The van der Waals surface area contributed by atoms with Crippen LogP contribution in [0.15, 0.2) is 0 Å². The molecule has 1 aliphatic carbocycles. The van der Waals surface area contributed by atoms with Crippen molar-refractivity contribution in [1.29, 1.82) is 0 Å². The zero-order valence-electron chi connectivity index (χ0n) is 9.38. The van der Waals surface area contributed by atoms with Crippen LogP contribution in [-0.2, 0) is 0 Å². The lowest BCUT2D eigenvalue weighted by Crippen LogP contribution is -2.41. The van der Waals surface area contributed by atoms with Crippen LogP contribution in [0, 0.1) is 5.92 Å². The van der Waals surface area contributed by atoms with Gasteiger partial charge in [-0.3, -0.25) is 0 Å². The van der Waals surface area contributed by atoms with Gasteiger partial charge in [0.2, 0.25) is 0 Å². The molecule has 0 radical (unpaired) electrons. The van der Waals surface area contributed by atoms with Gasteiger partial charge in [-0.25, -0.2) is 0 Å². The first-order chi connectivity index (χ1) is 6.02. The predicted molar refractivity (Wildman–Crippen MR) is 55.6 cm³/mol. The maximum absolute atomic E-state index is 9.65. The van der Waals surface area contributed by atoms with E-state index >= 15 is 0 Å². The van der Waals surface area contributed by atoms with E-state index < -0.39 is 5.60 Å². The van der Waals surface area contributed by atoms with E-state index in [0.717, 1.165) is 25.7 Å². The minimum absolute atomic E-state index is 0.0799. The van der Waals surface area contributed by atoms with Gasteiger partial charge in [-0.05, 0) is 26.7 Å². The molecule has 0 spiro atoms. The molecule has 1 saturated carbocycles. The first kappa shape index (κ1) is 12.9. The van der Waals surface area contributed by atoms with Gasteiger partial charge in [0, 0.05) is 5.92 Å². The van der Waals surface area contributed by atoms with Crippen LogP contribution in [-0.4, -0.2) is 21.9 Å². The van der Waals surface area contributed by atoms with Gasteiger partial charge in [0.25, 0.3) is 0 Å². The van der Waals surface area contributed by atoms with E-state index in [0.29, 0.717) is 0 Å². The SMILES string of the molecule is CC.CC(C)(O)C1CCCC[C@H]1O. The highest BCUT2D eigenvalue weighted by Gasteiger charge is 2.34. The molecule has 1 unspecified atom stereocenters. The zero-order chi connectivity index (χ0) is 10.5. The van der Waals surface area contributed by atoms with Gasteiger partial charge in [0.15, 0.2) is 0 Å². The fourth-order valence-corrected chi connectivity index (χ4v) is 1.94. The Morgan fingerprint density at radius 1 is 1.08 bits per heavy atom. The molecule has 0 bridgehead atoms. The molecular weight excluding hydrogens is 164 g/mol. The number of hydrogen-bond acceptors (Lipinski definition) is 2. The zero-order valence-corrected chi connectivity index (χ0v) is 9.38. The normalized spacial score (nSPS) is 29.1. The highest BCUT2D eigenvalue weighted by atomic mass is 16.3. The van der Waals surface area contributed by atoms with E-state index in [1.165, 1.54) is 0 Å². The molecule has 2 atom stereocenters. The second-order valence-electron chi connectivity index (χ2n) is 4.11. The van der Waals surface area contributed by atoms with Crippen molar-refractivity contribution in [3.63, 3.8) is 0 Å². The van der Waals surface area contributed by atoms with Gasteiger partial charge in [0.05, 0.1) is 11.7 Å². The van der Waals surface area contributed by atoms with Crippen LogP contribution >= 0.6 is 0 Å². The van der Waals surface area contributed by atoms with Crippen LogP contribution in [0.25, 0.3) is 0 Å². The van der Waals surface area contributed by atoms with E-state index in [4.69, 9.17) is 0 Å². The molecule has 0 aromatic carbocycles. The molecular formula is C11H24O2. The van der Waals surface area contributed by atoms with E-state index in [1.54, 1.807) is 13.8 Å². The third-order valence-electron chi connectivity index (χ3n) is 2.64. The Balaban J connectivity index is 0.000000671. The van der Waals surface area contributed by atoms with Crippen LogP contribution in [0.1, 0.15) is 53.4 Å². The van der Waals surface area contributed by atoms with Gasteiger partial charge < -0.3 is 10.2 Å². The molecule has 2 nitrogen and oxygen atoms in total. The average Bonchev–Trinajstić information content (AvgIpc) is 2.07. The van der Waals surface area contributed by atoms with Crippen molar-refractivity contribution in [2.75, 3.05) is 0 Å². The molecule has 13 heavy (non-hydrogen) atoms. The van der Waals surface area contributed by atoms with Crippen molar-refractivity contribution in [3.8, 4) is 0 Å². The highest BCUT2D eigenvalue weighted by molar-refractivity contribution is 4.85. The van der Waals surface area contributed by atoms with E-state index in [-0.39, 0.29) is 12.0 Å². The number of rotatable bonds is 1. The minimum Gasteiger partial charge on any atom is -0.393 e. The summed E-state index contributed by atoms with van der Waals surface area (Å²) in [5.74, 6) is 0.0799. The van der Waals surface area contributed by atoms with Gasteiger partial charge in [0.1, 0.15) is 0 Å². The van der Waals surface area contributed by atoms with Crippen molar-refractivity contribution in [1.82, 2.24) is 0 Å². The summed E-state index contributed by atoms with van der Waals surface area (Å²) in [6.45, 7) is 7.57. The third kappa shape index (κ3) is 4.10. The monoisotopic (exact) mass is 188 g/mol. The molecule has 2 heteroatoms. The van der Waals surface area contributed by atoms with E-state index in [2.05, 4.69) is 0 Å². The lowest BCUT2D eigenvalue weighted by Gasteiger charge is -2.36. The Bertz CT molecular complexity index is 127. The average molecular weight is 188 g/mol. The van der Waals surface area contributed by atoms with Crippen molar-refractivity contribution >= 4 is 0 Å².